The van der Waals surface area contributed by atoms with Crippen molar-refractivity contribution >= 4 is 46.0 Å². The van der Waals surface area contributed by atoms with Crippen molar-refractivity contribution in [1.29, 1.82) is 0 Å². The largest absolute Gasteiger partial charge is 0.504 e. The van der Waals surface area contributed by atoms with Crippen molar-refractivity contribution < 1.29 is 14.6 Å². The Bertz CT molecular complexity index is 860. The van der Waals surface area contributed by atoms with Crippen molar-refractivity contribution in [2.24, 2.45) is 5.10 Å². The van der Waals surface area contributed by atoms with Gasteiger partial charge in [-0.05, 0) is 65.4 Å². The van der Waals surface area contributed by atoms with Gasteiger partial charge >= 0.3 is 0 Å². The molecule has 0 bridgehead atoms. The van der Waals surface area contributed by atoms with Crippen LogP contribution in [0.5, 0.6) is 11.5 Å². The molecule has 3 rings (SSSR count). The van der Waals surface area contributed by atoms with Crippen molar-refractivity contribution in [3.05, 3.63) is 57.2 Å². The molecule has 1 aliphatic rings. The number of aromatic hydroxyl groups is 1. The second-order valence-electron chi connectivity index (χ2n) is 5.25. The number of hydrogen-bond acceptors (Lipinski definition) is 4. The van der Waals surface area contributed by atoms with Gasteiger partial charge in [-0.25, -0.2) is 0 Å². The van der Waals surface area contributed by atoms with Gasteiger partial charge in [0.1, 0.15) is 0 Å². The van der Waals surface area contributed by atoms with Gasteiger partial charge in [0.25, 0.3) is 5.91 Å². The van der Waals surface area contributed by atoms with Crippen LogP contribution >= 0.6 is 22.6 Å². The number of phenols is 1. The van der Waals surface area contributed by atoms with Crippen LogP contribution in [0.2, 0.25) is 0 Å². The van der Waals surface area contributed by atoms with Gasteiger partial charge in [0.2, 0.25) is 0 Å². The lowest BCUT2D eigenvalue weighted by molar-refractivity contribution is -0.114. The molecule has 1 N–H and O–H groups in total. The summed E-state index contributed by atoms with van der Waals surface area (Å²) >= 11 is 2.02. The fourth-order valence-electron chi connectivity index (χ4n) is 2.43. The third-order valence-corrected chi connectivity index (χ3v) is 4.47. The molecule has 0 aliphatic carbocycles. The lowest BCUT2D eigenvalue weighted by atomic mass is 10.1. The van der Waals surface area contributed by atoms with E-state index < -0.39 is 0 Å². The molecule has 0 radical (unpaired) electrons. The summed E-state index contributed by atoms with van der Waals surface area (Å²) in [6.45, 7) is 1.80. The fraction of sp³-hybridized carbons (Fsp3) is 0.111. The van der Waals surface area contributed by atoms with Crippen LogP contribution in [0.1, 0.15) is 12.5 Å². The molecule has 0 atom stereocenters. The molecule has 0 spiro atoms. The maximum Gasteiger partial charge on any atom is 0.280 e. The molecule has 1 heterocycles. The summed E-state index contributed by atoms with van der Waals surface area (Å²) in [6.07, 6.45) is 1.76. The molecule has 2 aromatic carbocycles. The third kappa shape index (κ3) is 3.01. The van der Waals surface area contributed by atoms with Crippen LogP contribution in [0.15, 0.2) is 53.1 Å². The minimum Gasteiger partial charge on any atom is -0.504 e. The number of amides is 1. The topological polar surface area (TPSA) is 62.1 Å². The maximum absolute atomic E-state index is 12.7. The minimum absolute atomic E-state index is 0.0919. The number of ether oxygens (including phenoxy) is 1. The van der Waals surface area contributed by atoms with Crippen molar-refractivity contribution in [3.63, 3.8) is 0 Å². The summed E-state index contributed by atoms with van der Waals surface area (Å²) in [6, 6.07) is 12.8. The lowest BCUT2D eigenvalue weighted by Crippen LogP contribution is -2.21. The second kappa shape index (κ2) is 6.64. The number of rotatable bonds is 3. The molecular weight excluding hydrogens is 419 g/mol. The van der Waals surface area contributed by atoms with E-state index in [1.807, 2.05) is 52.9 Å². The second-order valence-corrected chi connectivity index (χ2v) is 6.41. The van der Waals surface area contributed by atoms with E-state index in [4.69, 9.17) is 4.74 Å². The van der Waals surface area contributed by atoms with E-state index in [2.05, 4.69) is 5.10 Å². The van der Waals surface area contributed by atoms with Crippen LogP contribution < -0.4 is 9.75 Å². The van der Waals surface area contributed by atoms with Gasteiger partial charge in [0, 0.05) is 0 Å². The number of hydrogen-bond donors (Lipinski definition) is 1. The van der Waals surface area contributed by atoms with Crippen LogP contribution in [0.3, 0.4) is 0 Å². The van der Waals surface area contributed by atoms with E-state index in [9.17, 15) is 9.90 Å². The molecule has 122 valence electrons. The molecule has 24 heavy (non-hydrogen) atoms. The summed E-state index contributed by atoms with van der Waals surface area (Å²) in [4.78, 5) is 12.7. The Hall–Kier alpha value is -2.35. The van der Waals surface area contributed by atoms with Crippen LogP contribution in [0.4, 0.5) is 5.69 Å². The lowest BCUT2D eigenvalue weighted by Gasteiger charge is -2.11. The smallest absolute Gasteiger partial charge is 0.280 e. The summed E-state index contributed by atoms with van der Waals surface area (Å²) in [7, 11) is 1.49. The van der Waals surface area contributed by atoms with Crippen LogP contribution in [0, 0.1) is 3.57 Å². The number of phenolic OH excluding ortho intramolecular Hbond substituents is 1. The maximum atomic E-state index is 12.7. The van der Waals surface area contributed by atoms with Gasteiger partial charge in [-0.1, -0.05) is 18.2 Å². The van der Waals surface area contributed by atoms with Gasteiger partial charge in [0.15, 0.2) is 11.5 Å². The third-order valence-electron chi connectivity index (χ3n) is 3.65. The zero-order valence-corrected chi connectivity index (χ0v) is 15.3. The number of benzene rings is 2. The average molecular weight is 434 g/mol. The first kappa shape index (κ1) is 16.5. The summed E-state index contributed by atoms with van der Waals surface area (Å²) in [5, 5.41) is 15.7. The molecule has 0 unspecified atom stereocenters. The molecular formula is C18H15IN2O3. The monoisotopic (exact) mass is 434 g/mol. The molecule has 0 fully saturated rings. The molecule has 0 saturated carbocycles. The Morgan fingerprint density at radius 3 is 2.62 bits per heavy atom. The van der Waals surface area contributed by atoms with E-state index in [0.29, 0.717) is 20.6 Å². The summed E-state index contributed by atoms with van der Waals surface area (Å²) < 4.78 is 5.82. The van der Waals surface area contributed by atoms with Gasteiger partial charge < -0.3 is 9.84 Å². The van der Waals surface area contributed by atoms with Crippen molar-refractivity contribution in [2.45, 2.75) is 6.92 Å². The number of carbonyl (C=O) groups excluding carboxylic acids is 1. The normalized spacial score (nSPS) is 15.8. The first-order valence-electron chi connectivity index (χ1n) is 7.24. The Morgan fingerprint density at radius 2 is 1.96 bits per heavy atom. The van der Waals surface area contributed by atoms with E-state index in [-0.39, 0.29) is 11.7 Å². The van der Waals surface area contributed by atoms with E-state index in [0.717, 1.165) is 11.3 Å². The summed E-state index contributed by atoms with van der Waals surface area (Å²) in [5.74, 6) is 0.281. The number of anilines is 1. The van der Waals surface area contributed by atoms with Gasteiger partial charge in [-0.2, -0.15) is 10.1 Å². The quantitative estimate of drug-likeness (QED) is 0.591. The number of methoxy groups -OCH3 is 1. The standard InChI is InChI=1S/C18H15IN2O3/c1-11-14(8-12-9-15(19)17(22)16(10-12)24-2)18(23)21(20-11)13-6-4-3-5-7-13/h3-10,22H,1-2H3/b14-8-. The summed E-state index contributed by atoms with van der Waals surface area (Å²) in [5.41, 5.74) is 2.65. The average Bonchev–Trinajstić information content (AvgIpc) is 2.87. The minimum atomic E-state index is -0.180. The number of para-hydroxylation sites is 1. The van der Waals surface area contributed by atoms with Gasteiger partial charge in [-0.3, -0.25) is 4.79 Å². The van der Waals surface area contributed by atoms with Crippen LogP contribution in [0.25, 0.3) is 6.08 Å². The predicted molar refractivity (Wildman–Crippen MR) is 102 cm³/mol. The van der Waals surface area contributed by atoms with E-state index >= 15 is 0 Å². The zero-order valence-electron chi connectivity index (χ0n) is 13.2. The highest BCUT2D eigenvalue weighted by atomic mass is 127. The van der Waals surface area contributed by atoms with Crippen LogP contribution in [-0.4, -0.2) is 23.8 Å². The van der Waals surface area contributed by atoms with Crippen molar-refractivity contribution in [2.75, 3.05) is 12.1 Å². The van der Waals surface area contributed by atoms with Crippen molar-refractivity contribution in [3.8, 4) is 11.5 Å². The van der Waals surface area contributed by atoms with E-state index in [1.165, 1.54) is 12.1 Å². The Balaban J connectivity index is 1.99. The number of halogens is 1. The Morgan fingerprint density at radius 1 is 1.25 bits per heavy atom. The first-order chi connectivity index (χ1) is 11.5. The Kier molecular flexibility index (Phi) is 4.57. The molecule has 5 nitrogen and oxygen atoms in total. The highest BCUT2D eigenvalue weighted by Crippen LogP contribution is 2.34. The SMILES string of the molecule is COc1cc(/C=C2\C(=O)N(c3ccccc3)N=C2C)cc(I)c1O. The highest BCUT2D eigenvalue weighted by molar-refractivity contribution is 14.1. The van der Waals surface area contributed by atoms with Gasteiger partial charge in [-0.15, -0.1) is 0 Å². The zero-order chi connectivity index (χ0) is 17.3. The Labute approximate surface area is 153 Å². The molecule has 2 aromatic rings. The molecule has 0 saturated heterocycles. The molecule has 1 amide bonds. The molecule has 6 heteroatoms. The molecule has 0 aromatic heterocycles. The van der Waals surface area contributed by atoms with E-state index in [1.54, 1.807) is 25.1 Å². The fourth-order valence-corrected chi connectivity index (χ4v) is 3.05. The first-order valence-corrected chi connectivity index (χ1v) is 8.32. The number of nitrogens with zero attached hydrogens (tertiary/aromatic N) is 2. The van der Waals surface area contributed by atoms with Crippen molar-refractivity contribution in [1.82, 2.24) is 0 Å². The van der Waals surface area contributed by atoms with Gasteiger partial charge in [0.05, 0.1) is 27.7 Å². The van der Waals surface area contributed by atoms with Crippen LogP contribution in [-0.2, 0) is 4.79 Å². The number of carbonyl (C=O) groups is 1. The number of hydrazone groups is 1. The highest BCUT2D eigenvalue weighted by Gasteiger charge is 2.28. The molecule has 1 aliphatic heterocycles. The predicted octanol–water partition coefficient (Wildman–Crippen LogP) is 3.81.